The van der Waals surface area contributed by atoms with Crippen LogP contribution < -0.4 is 5.32 Å². The van der Waals surface area contributed by atoms with Gasteiger partial charge >= 0.3 is 0 Å². The maximum Gasteiger partial charge on any atom is 0.150 e. The van der Waals surface area contributed by atoms with Gasteiger partial charge in [-0.15, -0.1) is 0 Å². The summed E-state index contributed by atoms with van der Waals surface area (Å²) in [4.78, 5) is 0. The average molecular weight is 167 g/mol. The van der Waals surface area contributed by atoms with Crippen LogP contribution in [0.3, 0.4) is 0 Å². The molecule has 3 heteroatoms. The Kier molecular flexibility index (Phi) is 3.14. The Labute approximate surface area is 73.8 Å². The van der Waals surface area contributed by atoms with Crippen molar-refractivity contribution in [1.82, 2.24) is 9.78 Å². The molecule has 1 aromatic rings. The fraction of sp³-hybridized carbons (Fsp3) is 0.667. The van der Waals surface area contributed by atoms with Gasteiger partial charge in [0.15, 0.2) is 5.82 Å². The maximum atomic E-state index is 4.29. The van der Waals surface area contributed by atoms with Crippen LogP contribution in [0.4, 0.5) is 5.82 Å². The van der Waals surface area contributed by atoms with Gasteiger partial charge in [0, 0.05) is 25.4 Å². The lowest BCUT2D eigenvalue weighted by atomic mass is 10.3. The summed E-state index contributed by atoms with van der Waals surface area (Å²) in [5.41, 5.74) is 1.22. The highest BCUT2D eigenvalue weighted by atomic mass is 15.3. The Balaban J connectivity index is 2.45. The number of aromatic nitrogens is 2. The summed E-state index contributed by atoms with van der Waals surface area (Å²) in [6, 6.07) is 0. The molecule has 12 heavy (non-hydrogen) atoms. The summed E-state index contributed by atoms with van der Waals surface area (Å²) < 4.78 is 1.84. The lowest BCUT2D eigenvalue weighted by Crippen LogP contribution is -2.02. The molecule has 0 saturated carbocycles. The summed E-state index contributed by atoms with van der Waals surface area (Å²) in [5, 5.41) is 7.59. The molecule has 0 aliphatic heterocycles. The second kappa shape index (κ2) is 4.14. The highest BCUT2D eigenvalue weighted by molar-refractivity contribution is 5.41. The van der Waals surface area contributed by atoms with Crippen molar-refractivity contribution in [3.05, 3.63) is 11.8 Å². The molecular formula is C9H17N3. The molecule has 0 aromatic carbocycles. The van der Waals surface area contributed by atoms with Gasteiger partial charge in [-0.05, 0) is 13.3 Å². The molecule has 1 N–H and O–H groups in total. The van der Waals surface area contributed by atoms with E-state index in [0.717, 1.165) is 12.4 Å². The normalized spacial score (nSPS) is 10.2. The molecule has 0 spiro atoms. The molecule has 0 radical (unpaired) electrons. The third kappa shape index (κ3) is 2.26. The smallest absolute Gasteiger partial charge is 0.150 e. The zero-order chi connectivity index (χ0) is 8.97. The second-order valence-corrected chi connectivity index (χ2v) is 3.11. The number of aryl methyl sites for hydroxylation is 2. The van der Waals surface area contributed by atoms with Crippen LogP contribution >= 0.6 is 0 Å². The van der Waals surface area contributed by atoms with E-state index >= 15 is 0 Å². The highest BCUT2D eigenvalue weighted by Gasteiger charge is 2.00. The van der Waals surface area contributed by atoms with E-state index in [0.29, 0.717) is 0 Å². The maximum absolute atomic E-state index is 4.29. The van der Waals surface area contributed by atoms with E-state index in [2.05, 4.69) is 24.3 Å². The van der Waals surface area contributed by atoms with Gasteiger partial charge in [-0.25, -0.2) is 0 Å². The second-order valence-electron chi connectivity index (χ2n) is 3.11. The molecule has 0 aliphatic rings. The van der Waals surface area contributed by atoms with Crippen LogP contribution in [0, 0.1) is 6.92 Å². The lowest BCUT2D eigenvalue weighted by Gasteiger charge is -2.01. The number of anilines is 1. The molecule has 0 atom stereocenters. The van der Waals surface area contributed by atoms with E-state index in [-0.39, 0.29) is 0 Å². The van der Waals surface area contributed by atoms with Gasteiger partial charge < -0.3 is 5.32 Å². The van der Waals surface area contributed by atoms with Crippen molar-refractivity contribution >= 4 is 5.82 Å². The molecular weight excluding hydrogens is 150 g/mol. The lowest BCUT2D eigenvalue weighted by molar-refractivity contribution is 0.762. The standard InChI is InChI=1S/C9H17N3/c1-4-5-6-10-9-8(2)7-12(3)11-9/h7H,4-6H2,1-3H3,(H,10,11). The van der Waals surface area contributed by atoms with Crippen LogP contribution in [-0.2, 0) is 7.05 Å². The highest BCUT2D eigenvalue weighted by Crippen LogP contribution is 2.09. The summed E-state index contributed by atoms with van der Waals surface area (Å²) in [5.74, 6) is 1.02. The summed E-state index contributed by atoms with van der Waals surface area (Å²) >= 11 is 0. The van der Waals surface area contributed by atoms with Crippen LogP contribution in [0.25, 0.3) is 0 Å². The van der Waals surface area contributed by atoms with Crippen LogP contribution in [-0.4, -0.2) is 16.3 Å². The van der Waals surface area contributed by atoms with Gasteiger partial charge in [-0.2, -0.15) is 5.10 Å². The molecule has 1 rings (SSSR count). The van der Waals surface area contributed by atoms with Gasteiger partial charge in [-0.3, -0.25) is 4.68 Å². The summed E-state index contributed by atoms with van der Waals surface area (Å²) in [6.45, 7) is 5.28. The molecule has 3 nitrogen and oxygen atoms in total. The van der Waals surface area contributed by atoms with E-state index in [1.54, 1.807) is 0 Å². The largest absolute Gasteiger partial charge is 0.368 e. The van der Waals surface area contributed by atoms with Crippen molar-refractivity contribution in [3.63, 3.8) is 0 Å². The minimum atomic E-state index is 1.02. The number of hydrogen-bond acceptors (Lipinski definition) is 2. The predicted molar refractivity (Wildman–Crippen MR) is 51.3 cm³/mol. The Morgan fingerprint density at radius 2 is 2.33 bits per heavy atom. The quantitative estimate of drug-likeness (QED) is 0.694. The van der Waals surface area contributed by atoms with Crippen molar-refractivity contribution in [2.45, 2.75) is 26.7 Å². The Morgan fingerprint density at radius 1 is 1.58 bits per heavy atom. The molecule has 0 unspecified atom stereocenters. The fourth-order valence-corrected chi connectivity index (χ4v) is 1.17. The SMILES string of the molecule is CCCCNc1nn(C)cc1C. The average Bonchev–Trinajstić information content (AvgIpc) is 2.31. The van der Waals surface area contributed by atoms with E-state index < -0.39 is 0 Å². The van der Waals surface area contributed by atoms with Crippen LogP contribution in [0.5, 0.6) is 0 Å². The number of nitrogens with zero attached hydrogens (tertiary/aromatic N) is 2. The monoisotopic (exact) mass is 167 g/mol. The number of unbranched alkanes of at least 4 members (excludes halogenated alkanes) is 1. The van der Waals surface area contributed by atoms with Crippen molar-refractivity contribution < 1.29 is 0 Å². The van der Waals surface area contributed by atoms with Crippen LogP contribution in [0.1, 0.15) is 25.3 Å². The van der Waals surface area contributed by atoms with Crippen LogP contribution in [0.2, 0.25) is 0 Å². The van der Waals surface area contributed by atoms with Crippen molar-refractivity contribution in [3.8, 4) is 0 Å². The van der Waals surface area contributed by atoms with Crippen molar-refractivity contribution in [1.29, 1.82) is 0 Å². The van der Waals surface area contributed by atoms with Crippen molar-refractivity contribution in [2.75, 3.05) is 11.9 Å². The number of nitrogens with one attached hydrogen (secondary N) is 1. The fourth-order valence-electron chi connectivity index (χ4n) is 1.17. The van der Waals surface area contributed by atoms with Gasteiger partial charge in [0.2, 0.25) is 0 Å². The van der Waals surface area contributed by atoms with E-state index in [1.807, 2.05) is 17.9 Å². The summed E-state index contributed by atoms with van der Waals surface area (Å²) in [7, 11) is 1.94. The molecule has 0 fully saturated rings. The predicted octanol–water partition coefficient (Wildman–Crippen LogP) is 1.94. The molecule has 1 aromatic heterocycles. The molecule has 0 aliphatic carbocycles. The van der Waals surface area contributed by atoms with Gasteiger partial charge in [-0.1, -0.05) is 13.3 Å². The van der Waals surface area contributed by atoms with Crippen molar-refractivity contribution in [2.24, 2.45) is 7.05 Å². The third-order valence-corrected chi connectivity index (χ3v) is 1.83. The van der Waals surface area contributed by atoms with E-state index in [9.17, 15) is 0 Å². The molecule has 0 amide bonds. The molecule has 0 bridgehead atoms. The summed E-state index contributed by atoms with van der Waals surface area (Å²) in [6.07, 6.45) is 4.45. The van der Waals surface area contributed by atoms with Gasteiger partial charge in [0.05, 0.1) is 0 Å². The Bertz CT molecular complexity index is 240. The zero-order valence-electron chi connectivity index (χ0n) is 8.09. The number of rotatable bonds is 4. The van der Waals surface area contributed by atoms with E-state index in [4.69, 9.17) is 0 Å². The molecule has 68 valence electrons. The molecule has 1 heterocycles. The third-order valence-electron chi connectivity index (χ3n) is 1.83. The first-order valence-corrected chi connectivity index (χ1v) is 4.48. The van der Waals surface area contributed by atoms with Gasteiger partial charge in [0.1, 0.15) is 0 Å². The Morgan fingerprint density at radius 3 is 2.83 bits per heavy atom. The first-order chi connectivity index (χ1) is 5.74. The first-order valence-electron chi connectivity index (χ1n) is 4.48. The minimum absolute atomic E-state index is 1.02. The van der Waals surface area contributed by atoms with Crippen LogP contribution in [0.15, 0.2) is 6.20 Å². The number of hydrogen-bond donors (Lipinski definition) is 1. The topological polar surface area (TPSA) is 29.9 Å². The minimum Gasteiger partial charge on any atom is -0.368 e. The Hall–Kier alpha value is -0.990. The first kappa shape index (κ1) is 9.10. The van der Waals surface area contributed by atoms with E-state index in [1.165, 1.54) is 18.4 Å². The van der Waals surface area contributed by atoms with Gasteiger partial charge in [0.25, 0.3) is 0 Å². The zero-order valence-corrected chi connectivity index (χ0v) is 8.09. The molecule has 0 saturated heterocycles.